The van der Waals surface area contributed by atoms with Crippen molar-refractivity contribution in [3.8, 4) is 5.69 Å². The van der Waals surface area contributed by atoms with Crippen LogP contribution in [-0.4, -0.2) is 27.4 Å². The van der Waals surface area contributed by atoms with E-state index in [1.54, 1.807) is 24.4 Å². The van der Waals surface area contributed by atoms with Crippen LogP contribution in [0.4, 0.5) is 10.5 Å². The molecule has 0 spiro atoms. The lowest BCUT2D eigenvalue weighted by molar-refractivity contribution is -0.122. The Bertz CT molecular complexity index is 1270. The number of carbonyl (C=O) groups excluding carboxylic acids is 3. The molecule has 7 heteroatoms. The number of nitrogens with one attached hydrogen (secondary N) is 1. The summed E-state index contributed by atoms with van der Waals surface area (Å²) in [5.74, 6) is -1.39. The second kappa shape index (κ2) is 8.26. The van der Waals surface area contributed by atoms with Crippen LogP contribution in [-0.2, 0) is 16.0 Å². The molecule has 4 rings (SSSR count). The minimum atomic E-state index is -0.789. The summed E-state index contributed by atoms with van der Waals surface area (Å²) in [7, 11) is 0. The van der Waals surface area contributed by atoms with Gasteiger partial charge in [-0.1, -0.05) is 25.1 Å². The topological polar surface area (TPSA) is 84.3 Å². The lowest BCUT2D eigenvalue weighted by atomic mass is 10.0. The number of hydrogen-bond acceptors (Lipinski definition) is 4. The first-order valence-corrected chi connectivity index (χ1v) is 10.4. The van der Waals surface area contributed by atoms with Crippen molar-refractivity contribution < 1.29 is 14.4 Å². The molecule has 0 atom stereocenters. The number of benzene rings is 1. The molecule has 0 aliphatic carbocycles. The number of para-hydroxylation sites is 1. The summed E-state index contributed by atoms with van der Waals surface area (Å²) in [4.78, 5) is 42.9. The van der Waals surface area contributed by atoms with E-state index in [2.05, 4.69) is 40.8 Å². The van der Waals surface area contributed by atoms with Crippen molar-refractivity contribution in [2.24, 2.45) is 0 Å². The first-order valence-electron chi connectivity index (χ1n) is 10.4. The number of pyridine rings is 1. The van der Waals surface area contributed by atoms with E-state index in [1.807, 2.05) is 26.0 Å². The van der Waals surface area contributed by atoms with Crippen molar-refractivity contribution in [3.63, 3.8) is 0 Å². The molecule has 7 nitrogen and oxygen atoms in total. The molecule has 4 amide bonds. The van der Waals surface area contributed by atoms with Crippen LogP contribution in [0, 0.1) is 20.8 Å². The van der Waals surface area contributed by atoms with Crippen LogP contribution in [0.2, 0.25) is 0 Å². The summed E-state index contributed by atoms with van der Waals surface area (Å²) in [6, 6.07) is 10.6. The highest BCUT2D eigenvalue weighted by molar-refractivity contribution is 6.39. The van der Waals surface area contributed by atoms with Crippen LogP contribution >= 0.6 is 0 Å². The van der Waals surface area contributed by atoms with E-state index >= 15 is 0 Å². The third-order valence-corrected chi connectivity index (χ3v) is 5.70. The van der Waals surface area contributed by atoms with Crippen LogP contribution in [0.1, 0.15) is 35.0 Å². The standard InChI is InChI=1S/C25H24N4O3/c1-5-18-9-6-8-15(2)22(18)28-16(3)12-19(17(28)4)13-21-23(30)27-25(32)29(24(21)31)20-10-7-11-26-14-20/h6-14H,5H2,1-4H3,(H,27,30,32)/b21-13+. The zero-order valence-corrected chi connectivity index (χ0v) is 18.5. The minimum absolute atomic E-state index is 0.103. The average molecular weight is 428 g/mol. The number of barbiturate groups is 1. The van der Waals surface area contributed by atoms with E-state index in [4.69, 9.17) is 0 Å². The SMILES string of the molecule is CCc1cccc(C)c1-n1c(C)cc(/C=C2\C(=O)NC(=O)N(c3cccnc3)C2=O)c1C. The normalized spacial score (nSPS) is 15.4. The molecule has 3 aromatic rings. The van der Waals surface area contributed by atoms with Gasteiger partial charge < -0.3 is 4.57 Å². The summed E-state index contributed by atoms with van der Waals surface area (Å²) >= 11 is 0. The van der Waals surface area contributed by atoms with Gasteiger partial charge in [-0.15, -0.1) is 0 Å². The van der Waals surface area contributed by atoms with E-state index in [-0.39, 0.29) is 5.57 Å². The van der Waals surface area contributed by atoms with E-state index in [0.717, 1.165) is 39.5 Å². The Morgan fingerprint density at radius 3 is 2.53 bits per heavy atom. The molecule has 1 N–H and O–H groups in total. The Hall–Kier alpha value is -4.00. The predicted molar refractivity (Wildman–Crippen MR) is 123 cm³/mol. The molecular formula is C25H24N4O3. The van der Waals surface area contributed by atoms with Crippen molar-refractivity contribution in [2.75, 3.05) is 4.90 Å². The quantitative estimate of drug-likeness (QED) is 0.502. The highest BCUT2D eigenvalue weighted by Crippen LogP contribution is 2.29. The van der Waals surface area contributed by atoms with Gasteiger partial charge in [-0.05, 0) is 68.2 Å². The highest BCUT2D eigenvalue weighted by atomic mass is 16.2. The van der Waals surface area contributed by atoms with Crippen LogP contribution in [0.25, 0.3) is 11.8 Å². The van der Waals surface area contributed by atoms with Crippen LogP contribution in [0.3, 0.4) is 0 Å². The Kier molecular flexibility index (Phi) is 5.48. The number of hydrogen-bond donors (Lipinski definition) is 1. The molecule has 1 aliphatic rings. The Morgan fingerprint density at radius 2 is 1.84 bits per heavy atom. The lowest BCUT2D eigenvalue weighted by Crippen LogP contribution is -2.54. The zero-order chi connectivity index (χ0) is 23.0. The van der Waals surface area contributed by atoms with Crippen molar-refractivity contribution in [1.82, 2.24) is 14.9 Å². The molecule has 1 fully saturated rings. The smallest absolute Gasteiger partial charge is 0.317 e. The number of aromatic nitrogens is 2. The molecule has 1 aliphatic heterocycles. The van der Waals surface area contributed by atoms with Gasteiger partial charge in [-0.3, -0.25) is 19.9 Å². The second-order valence-corrected chi connectivity index (χ2v) is 7.77. The third-order valence-electron chi connectivity index (χ3n) is 5.70. The van der Waals surface area contributed by atoms with E-state index in [0.29, 0.717) is 5.69 Å². The monoisotopic (exact) mass is 428 g/mol. The van der Waals surface area contributed by atoms with E-state index in [9.17, 15) is 14.4 Å². The summed E-state index contributed by atoms with van der Waals surface area (Å²) in [5, 5.41) is 2.25. The fraction of sp³-hybridized carbons (Fsp3) is 0.200. The first kappa shape index (κ1) is 21.2. The molecule has 3 heterocycles. The van der Waals surface area contributed by atoms with Crippen LogP contribution in [0.15, 0.2) is 54.4 Å². The van der Waals surface area contributed by atoms with Gasteiger partial charge in [0.2, 0.25) is 0 Å². The first-order chi connectivity index (χ1) is 15.3. The van der Waals surface area contributed by atoms with Gasteiger partial charge in [0.05, 0.1) is 17.6 Å². The van der Waals surface area contributed by atoms with Gasteiger partial charge >= 0.3 is 6.03 Å². The van der Waals surface area contributed by atoms with Gasteiger partial charge in [0.25, 0.3) is 11.8 Å². The number of nitrogens with zero attached hydrogens (tertiary/aromatic N) is 3. The Labute approximate surface area is 186 Å². The van der Waals surface area contributed by atoms with Gasteiger partial charge in [-0.25, -0.2) is 9.69 Å². The van der Waals surface area contributed by atoms with Gasteiger partial charge in [-0.2, -0.15) is 0 Å². The highest BCUT2D eigenvalue weighted by Gasteiger charge is 2.37. The molecule has 1 saturated heterocycles. The molecule has 0 unspecified atom stereocenters. The van der Waals surface area contributed by atoms with Crippen molar-refractivity contribution >= 4 is 29.6 Å². The fourth-order valence-electron chi connectivity index (χ4n) is 4.14. The number of carbonyl (C=O) groups is 3. The summed E-state index contributed by atoms with van der Waals surface area (Å²) in [5.41, 5.74) is 6.30. The third kappa shape index (κ3) is 3.51. The number of amides is 4. The maximum absolute atomic E-state index is 13.1. The molecule has 0 bridgehead atoms. The summed E-state index contributed by atoms with van der Waals surface area (Å²) in [6.45, 7) is 8.14. The number of anilines is 1. The summed E-state index contributed by atoms with van der Waals surface area (Å²) in [6.07, 6.45) is 5.38. The molecule has 1 aromatic carbocycles. The maximum atomic E-state index is 13.1. The van der Waals surface area contributed by atoms with Gasteiger partial charge in [0.1, 0.15) is 5.57 Å². The maximum Gasteiger partial charge on any atom is 0.336 e. The largest absolute Gasteiger partial charge is 0.336 e. The van der Waals surface area contributed by atoms with Crippen molar-refractivity contribution in [2.45, 2.75) is 34.1 Å². The van der Waals surface area contributed by atoms with Crippen LogP contribution < -0.4 is 10.2 Å². The van der Waals surface area contributed by atoms with E-state index in [1.165, 1.54) is 11.8 Å². The fourth-order valence-corrected chi connectivity index (χ4v) is 4.14. The molecule has 0 radical (unpaired) electrons. The number of urea groups is 1. The average Bonchev–Trinajstić information content (AvgIpc) is 3.04. The molecular weight excluding hydrogens is 404 g/mol. The number of rotatable bonds is 4. The van der Waals surface area contributed by atoms with Gasteiger partial charge in [0.15, 0.2) is 0 Å². The molecule has 32 heavy (non-hydrogen) atoms. The van der Waals surface area contributed by atoms with Crippen molar-refractivity contribution in [1.29, 1.82) is 0 Å². The van der Waals surface area contributed by atoms with E-state index < -0.39 is 17.8 Å². The van der Waals surface area contributed by atoms with Crippen molar-refractivity contribution in [3.05, 3.63) is 82.4 Å². The zero-order valence-electron chi connectivity index (χ0n) is 18.5. The molecule has 2 aromatic heterocycles. The molecule has 162 valence electrons. The number of imide groups is 2. The summed E-state index contributed by atoms with van der Waals surface area (Å²) < 4.78 is 2.15. The lowest BCUT2D eigenvalue weighted by Gasteiger charge is -2.26. The minimum Gasteiger partial charge on any atom is -0.317 e. The Morgan fingerprint density at radius 1 is 1.06 bits per heavy atom. The Balaban J connectivity index is 1.81. The predicted octanol–water partition coefficient (Wildman–Crippen LogP) is 4.03. The second-order valence-electron chi connectivity index (χ2n) is 7.77. The number of aryl methyl sites for hydroxylation is 3. The van der Waals surface area contributed by atoms with Gasteiger partial charge in [0, 0.05) is 17.6 Å². The molecule has 0 saturated carbocycles. The van der Waals surface area contributed by atoms with Crippen LogP contribution in [0.5, 0.6) is 0 Å².